The van der Waals surface area contributed by atoms with Crippen molar-refractivity contribution in [1.82, 2.24) is 0 Å². The molecule has 170 valence electrons. The van der Waals surface area contributed by atoms with Gasteiger partial charge in [-0.1, -0.05) is 24.3 Å². The number of alkyl halides is 1. The number of aliphatic hydroxyl groups is 2. The number of rotatable bonds is 9. The SMILES string of the molecule is O=C1c2ccccc2C(=O)c2c(Nc3ccc(OCCO)cc3)ccc(NCC(O)CCl)c21. The Morgan fingerprint density at radius 3 is 2.09 bits per heavy atom. The van der Waals surface area contributed by atoms with Crippen molar-refractivity contribution in [2.75, 3.05) is 36.3 Å². The maximum absolute atomic E-state index is 13.4. The number of ether oxygens (including phenoxy) is 1. The molecule has 1 aliphatic carbocycles. The summed E-state index contributed by atoms with van der Waals surface area (Å²) in [6.07, 6.45) is -0.798. The summed E-state index contributed by atoms with van der Waals surface area (Å²) in [5.74, 6) is 0.128. The van der Waals surface area contributed by atoms with Crippen LogP contribution in [0, 0.1) is 0 Å². The van der Waals surface area contributed by atoms with Crippen molar-refractivity contribution in [2.24, 2.45) is 0 Å². The maximum atomic E-state index is 13.4. The predicted octanol–water partition coefficient (Wildman–Crippen LogP) is 3.59. The fraction of sp³-hybridized carbons (Fsp3) is 0.200. The summed E-state index contributed by atoms with van der Waals surface area (Å²) >= 11 is 5.69. The average molecular weight is 467 g/mol. The number of aliphatic hydroxyl groups excluding tert-OH is 2. The molecule has 0 spiro atoms. The van der Waals surface area contributed by atoms with Crippen LogP contribution < -0.4 is 15.4 Å². The first-order chi connectivity index (χ1) is 16.0. The molecule has 0 saturated heterocycles. The van der Waals surface area contributed by atoms with Gasteiger partial charge in [0.15, 0.2) is 11.6 Å². The normalized spacial score (nSPS) is 13.2. The van der Waals surface area contributed by atoms with E-state index >= 15 is 0 Å². The van der Waals surface area contributed by atoms with Gasteiger partial charge in [0, 0.05) is 29.0 Å². The number of carbonyl (C=O) groups is 2. The Kier molecular flexibility index (Phi) is 6.93. The van der Waals surface area contributed by atoms with Crippen LogP contribution in [0.5, 0.6) is 5.75 Å². The van der Waals surface area contributed by atoms with Crippen LogP contribution in [0.15, 0.2) is 60.7 Å². The van der Waals surface area contributed by atoms with Gasteiger partial charge >= 0.3 is 0 Å². The zero-order chi connectivity index (χ0) is 23.4. The van der Waals surface area contributed by atoms with E-state index in [-0.39, 0.29) is 48.3 Å². The van der Waals surface area contributed by atoms with Gasteiger partial charge in [0.2, 0.25) is 0 Å². The standard InChI is InChI=1S/C25H23ClN2O5/c26-13-16(30)14-27-20-9-10-21(28-15-5-7-17(8-6-15)33-12-11-29)23-22(20)24(31)18-3-1-2-4-19(18)25(23)32/h1-10,16,27-30H,11-14H2. The zero-order valence-electron chi connectivity index (χ0n) is 17.7. The molecule has 0 heterocycles. The van der Waals surface area contributed by atoms with E-state index in [2.05, 4.69) is 10.6 Å². The molecule has 3 aromatic carbocycles. The van der Waals surface area contributed by atoms with Crippen LogP contribution in [0.3, 0.4) is 0 Å². The lowest BCUT2D eigenvalue weighted by atomic mass is 9.82. The lowest BCUT2D eigenvalue weighted by Gasteiger charge is -2.24. The second kappa shape index (κ2) is 10.0. The Bertz CT molecular complexity index is 1180. The molecule has 1 unspecified atom stereocenters. The number of fused-ring (bicyclic) bond motifs is 2. The molecule has 8 heteroatoms. The molecule has 3 aromatic rings. The predicted molar refractivity (Wildman–Crippen MR) is 127 cm³/mol. The van der Waals surface area contributed by atoms with E-state index in [9.17, 15) is 14.7 Å². The van der Waals surface area contributed by atoms with Gasteiger partial charge in [-0.25, -0.2) is 0 Å². The number of halogens is 1. The Hall–Kier alpha value is -3.39. The third-order valence-electron chi connectivity index (χ3n) is 5.28. The number of hydrogen-bond donors (Lipinski definition) is 4. The van der Waals surface area contributed by atoms with Gasteiger partial charge < -0.3 is 25.6 Å². The second-order valence-corrected chi connectivity index (χ2v) is 7.83. The van der Waals surface area contributed by atoms with E-state index in [0.717, 1.165) is 0 Å². The molecule has 0 saturated carbocycles. The minimum absolute atomic E-state index is 0.0442. The van der Waals surface area contributed by atoms with Gasteiger partial charge in [-0.2, -0.15) is 0 Å². The fourth-order valence-corrected chi connectivity index (χ4v) is 3.82. The van der Waals surface area contributed by atoms with Crippen LogP contribution in [0.1, 0.15) is 31.8 Å². The molecule has 0 bridgehead atoms. The Morgan fingerprint density at radius 1 is 0.879 bits per heavy atom. The van der Waals surface area contributed by atoms with Crippen LogP contribution in [0.4, 0.5) is 17.1 Å². The molecular formula is C25H23ClN2O5. The summed E-state index contributed by atoms with van der Waals surface area (Å²) < 4.78 is 5.38. The summed E-state index contributed by atoms with van der Waals surface area (Å²) in [6.45, 7) is 0.260. The van der Waals surface area contributed by atoms with Crippen molar-refractivity contribution in [3.05, 3.63) is 82.9 Å². The van der Waals surface area contributed by atoms with Gasteiger partial charge in [-0.05, 0) is 36.4 Å². The van der Waals surface area contributed by atoms with Crippen molar-refractivity contribution in [2.45, 2.75) is 6.10 Å². The van der Waals surface area contributed by atoms with Crippen LogP contribution >= 0.6 is 11.6 Å². The minimum Gasteiger partial charge on any atom is -0.491 e. The fourth-order valence-electron chi connectivity index (χ4n) is 3.71. The van der Waals surface area contributed by atoms with Crippen LogP contribution in [0.25, 0.3) is 0 Å². The maximum Gasteiger partial charge on any atom is 0.196 e. The molecule has 0 aromatic heterocycles. The Labute approximate surface area is 196 Å². The molecule has 0 aliphatic heterocycles. The van der Waals surface area contributed by atoms with E-state index in [1.54, 1.807) is 60.7 Å². The van der Waals surface area contributed by atoms with E-state index in [1.807, 2.05) is 0 Å². The van der Waals surface area contributed by atoms with Gasteiger partial charge in [0.1, 0.15) is 12.4 Å². The highest BCUT2D eigenvalue weighted by Crippen LogP contribution is 2.37. The van der Waals surface area contributed by atoms with Crippen molar-refractivity contribution in [3.8, 4) is 5.75 Å². The highest BCUT2D eigenvalue weighted by molar-refractivity contribution is 6.32. The molecule has 0 fully saturated rings. The molecule has 0 radical (unpaired) electrons. The number of ketones is 2. The first kappa shape index (κ1) is 22.8. The average Bonchev–Trinajstić information content (AvgIpc) is 2.85. The lowest BCUT2D eigenvalue weighted by molar-refractivity contribution is 0.0980. The molecule has 1 aliphatic rings. The molecular weight excluding hydrogens is 444 g/mol. The van der Waals surface area contributed by atoms with Crippen molar-refractivity contribution in [1.29, 1.82) is 0 Å². The molecule has 1 atom stereocenters. The van der Waals surface area contributed by atoms with Crippen LogP contribution in [-0.4, -0.2) is 53.5 Å². The van der Waals surface area contributed by atoms with E-state index < -0.39 is 6.10 Å². The second-order valence-electron chi connectivity index (χ2n) is 7.52. The zero-order valence-corrected chi connectivity index (χ0v) is 18.4. The third-order valence-corrected chi connectivity index (χ3v) is 5.63. The van der Waals surface area contributed by atoms with E-state index in [0.29, 0.717) is 33.9 Å². The molecule has 4 rings (SSSR count). The van der Waals surface area contributed by atoms with Crippen LogP contribution in [0.2, 0.25) is 0 Å². The quantitative estimate of drug-likeness (QED) is 0.279. The highest BCUT2D eigenvalue weighted by atomic mass is 35.5. The monoisotopic (exact) mass is 466 g/mol. The van der Waals surface area contributed by atoms with Gasteiger partial charge in [0.05, 0.1) is 35.4 Å². The Morgan fingerprint density at radius 2 is 1.48 bits per heavy atom. The first-order valence-electron chi connectivity index (χ1n) is 10.5. The molecule has 0 amide bonds. The first-order valence-corrected chi connectivity index (χ1v) is 11.0. The van der Waals surface area contributed by atoms with Gasteiger partial charge in [-0.15, -0.1) is 11.6 Å². The summed E-state index contributed by atoms with van der Waals surface area (Å²) in [5.41, 5.74) is 2.87. The number of nitrogens with one attached hydrogen (secondary N) is 2. The summed E-state index contributed by atoms with van der Waals surface area (Å²) in [7, 11) is 0. The van der Waals surface area contributed by atoms with Crippen molar-refractivity contribution in [3.63, 3.8) is 0 Å². The van der Waals surface area contributed by atoms with Gasteiger partial charge in [0.25, 0.3) is 0 Å². The minimum atomic E-state index is -0.798. The van der Waals surface area contributed by atoms with Gasteiger partial charge in [-0.3, -0.25) is 9.59 Å². The summed E-state index contributed by atoms with van der Waals surface area (Å²) in [6, 6.07) is 17.2. The van der Waals surface area contributed by atoms with Crippen molar-refractivity contribution < 1.29 is 24.5 Å². The third kappa shape index (κ3) is 4.71. The topological polar surface area (TPSA) is 108 Å². The Balaban J connectivity index is 1.73. The molecule has 33 heavy (non-hydrogen) atoms. The number of benzene rings is 3. The molecule has 7 nitrogen and oxygen atoms in total. The highest BCUT2D eigenvalue weighted by Gasteiger charge is 2.34. The summed E-state index contributed by atoms with van der Waals surface area (Å²) in [5, 5.41) is 25.0. The smallest absolute Gasteiger partial charge is 0.196 e. The van der Waals surface area contributed by atoms with Crippen LogP contribution in [-0.2, 0) is 0 Å². The largest absolute Gasteiger partial charge is 0.491 e. The lowest BCUT2D eigenvalue weighted by Crippen LogP contribution is -2.26. The van der Waals surface area contributed by atoms with E-state index in [4.69, 9.17) is 21.4 Å². The number of carbonyl (C=O) groups excluding carboxylic acids is 2. The molecule has 4 N–H and O–H groups in total. The number of hydrogen-bond acceptors (Lipinski definition) is 7. The summed E-state index contributed by atoms with van der Waals surface area (Å²) in [4.78, 5) is 26.8. The van der Waals surface area contributed by atoms with Crippen molar-refractivity contribution >= 4 is 40.2 Å². The number of anilines is 3. The van der Waals surface area contributed by atoms with E-state index in [1.165, 1.54) is 0 Å².